The van der Waals surface area contributed by atoms with Crippen LogP contribution in [-0.2, 0) is 10.2 Å². The maximum atomic E-state index is 12.7. The van der Waals surface area contributed by atoms with Gasteiger partial charge >= 0.3 is 0 Å². The highest BCUT2D eigenvalue weighted by Crippen LogP contribution is 2.34. The quantitative estimate of drug-likeness (QED) is 0.436. The van der Waals surface area contributed by atoms with Gasteiger partial charge in [0.15, 0.2) is 0 Å². The smallest absolute Gasteiger partial charge is 0.220 e. The molecule has 0 fully saturated rings. The van der Waals surface area contributed by atoms with Crippen molar-refractivity contribution >= 4 is 16.8 Å². The Balaban J connectivity index is 1.88. The van der Waals surface area contributed by atoms with Crippen LogP contribution in [0.25, 0.3) is 10.9 Å². The van der Waals surface area contributed by atoms with E-state index < -0.39 is 0 Å². The number of aromatic nitrogens is 1. The Morgan fingerprint density at radius 1 is 1.03 bits per heavy atom. The minimum atomic E-state index is 0.0337. The van der Waals surface area contributed by atoms with Crippen molar-refractivity contribution in [3.8, 4) is 0 Å². The fourth-order valence-electron chi connectivity index (χ4n) is 3.87. The number of unbranched alkanes of at least 4 members (excludes halogenated alkanes) is 2. The molecule has 154 valence electrons. The van der Waals surface area contributed by atoms with Crippen molar-refractivity contribution in [1.82, 2.24) is 10.3 Å². The summed E-state index contributed by atoms with van der Waals surface area (Å²) in [6, 6.07) is 17.1. The summed E-state index contributed by atoms with van der Waals surface area (Å²) in [5.74, 6) is 0.155. The lowest BCUT2D eigenvalue weighted by Crippen LogP contribution is -2.26. The molecule has 0 aliphatic rings. The number of rotatable bonds is 8. The van der Waals surface area contributed by atoms with E-state index in [0.29, 0.717) is 6.42 Å². The zero-order valence-electron chi connectivity index (χ0n) is 18.2. The third-order valence-corrected chi connectivity index (χ3v) is 5.67. The van der Waals surface area contributed by atoms with Gasteiger partial charge in [-0.05, 0) is 34.6 Å². The molecule has 0 aliphatic heterocycles. The second-order valence-electron chi connectivity index (χ2n) is 8.98. The second-order valence-corrected chi connectivity index (χ2v) is 8.98. The van der Waals surface area contributed by atoms with Gasteiger partial charge in [0, 0.05) is 36.0 Å². The molecule has 1 aromatic heterocycles. The van der Waals surface area contributed by atoms with Gasteiger partial charge in [0.1, 0.15) is 0 Å². The molecule has 0 aliphatic carbocycles. The molecule has 3 aromatic rings. The molecule has 2 aromatic carbocycles. The van der Waals surface area contributed by atoms with E-state index in [2.05, 4.69) is 86.7 Å². The predicted molar refractivity (Wildman–Crippen MR) is 122 cm³/mol. The molecule has 0 saturated carbocycles. The lowest BCUT2D eigenvalue weighted by atomic mass is 9.83. The number of nitrogens with one attached hydrogen (secondary N) is 2. The van der Waals surface area contributed by atoms with E-state index >= 15 is 0 Å². The van der Waals surface area contributed by atoms with Crippen LogP contribution in [0.3, 0.4) is 0 Å². The van der Waals surface area contributed by atoms with Gasteiger partial charge in [-0.3, -0.25) is 4.79 Å². The summed E-state index contributed by atoms with van der Waals surface area (Å²) in [5, 5.41) is 4.31. The molecule has 0 spiro atoms. The van der Waals surface area contributed by atoms with Crippen molar-refractivity contribution < 1.29 is 4.79 Å². The first-order valence-corrected chi connectivity index (χ1v) is 10.8. The normalized spacial score (nSPS) is 12.8. The Kier molecular flexibility index (Phi) is 6.79. The number of carbonyl (C=O) groups excluding carboxylic acids is 1. The summed E-state index contributed by atoms with van der Waals surface area (Å²) in [4.78, 5) is 16.1. The Morgan fingerprint density at radius 2 is 1.76 bits per heavy atom. The highest BCUT2D eigenvalue weighted by atomic mass is 16.1. The Morgan fingerprint density at radius 3 is 2.45 bits per heavy atom. The number of benzene rings is 2. The zero-order valence-corrected chi connectivity index (χ0v) is 18.2. The number of para-hydroxylation sites is 1. The molecule has 0 radical (unpaired) electrons. The average molecular weight is 391 g/mol. The van der Waals surface area contributed by atoms with Crippen molar-refractivity contribution in [3.05, 3.63) is 71.4 Å². The van der Waals surface area contributed by atoms with Crippen molar-refractivity contribution in [1.29, 1.82) is 0 Å². The van der Waals surface area contributed by atoms with E-state index in [1.165, 1.54) is 22.1 Å². The topological polar surface area (TPSA) is 44.9 Å². The van der Waals surface area contributed by atoms with Gasteiger partial charge < -0.3 is 10.3 Å². The first-order chi connectivity index (χ1) is 13.9. The Bertz CT molecular complexity index is 931. The van der Waals surface area contributed by atoms with Crippen LogP contribution in [0, 0.1) is 0 Å². The summed E-state index contributed by atoms with van der Waals surface area (Å²) in [7, 11) is 0. The van der Waals surface area contributed by atoms with E-state index in [0.717, 1.165) is 31.3 Å². The molecule has 1 heterocycles. The highest BCUT2D eigenvalue weighted by Gasteiger charge is 2.22. The van der Waals surface area contributed by atoms with E-state index in [9.17, 15) is 4.79 Å². The first-order valence-electron chi connectivity index (χ1n) is 10.8. The third kappa shape index (κ3) is 5.29. The second kappa shape index (κ2) is 9.30. The van der Waals surface area contributed by atoms with Gasteiger partial charge in [0.25, 0.3) is 0 Å². The average Bonchev–Trinajstić information content (AvgIpc) is 3.13. The lowest BCUT2D eigenvalue weighted by molar-refractivity contribution is -0.121. The number of fused-ring (bicyclic) bond motifs is 1. The molecule has 3 nitrogen and oxygen atoms in total. The molecule has 3 rings (SSSR count). The molecular weight excluding hydrogens is 356 g/mol. The molecule has 1 atom stereocenters. The maximum Gasteiger partial charge on any atom is 0.220 e. The Hall–Kier alpha value is -2.55. The summed E-state index contributed by atoms with van der Waals surface area (Å²) >= 11 is 0. The molecule has 0 saturated heterocycles. The highest BCUT2D eigenvalue weighted by molar-refractivity contribution is 5.86. The SMILES string of the molecule is CCCCCNC(=O)CC(c1ccc(C(C)(C)C)cc1)c1c[nH]c2ccccc12. The molecule has 1 amide bonds. The van der Waals surface area contributed by atoms with Crippen LogP contribution in [0.2, 0.25) is 0 Å². The van der Waals surface area contributed by atoms with Crippen LogP contribution >= 0.6 is 0 Å². The van der Waals surface area contributed by atoms with E-state index in [4.69, 9.17) is 0 Å². The fraction of sp³-hybridized carbons (Fsp3) is 0.423. The van der Waals surface area contributed by atoms with Gasteiger partial charge in [-0.15, -0.1) is 0 Å². The van der Waals surface area contributed by atoms with Crippen LogP contribution in [-0.4, -0.2) is 17.4 Å². The van der Waals surface area contributed by atoms with Gasteiger partial charge in [-0.1, -0.05) is 83.0 Å². The van der Waals surface area contributed by atoms with Crippen molar-refractivity contribution in [3.63, 3.8) is 0 Å². The molecule has 29 heavy (non-hydrogen) atoms. The number of H-pyrrole nitrogens is 1. The molecule has 2 N–H and O–H groups in total. The first kappa shape index (κ1) is 21.2. The van der Waals surface area contributed by atoms with Gasteiger partial charge in [-0.25, -0.2) is 0 Å². The minimum Gasteiger partial charge on any atom is -0.361 e. The van der Waals surface area contributed by atoms with Crippen molar-refractivity contribution in [2.75, 3.05) is 6.54 Å². The minimum absolute atomic E-state index is 0.0337. The van der Waals surface area contributed by atoms with Crippen LogP contribution in [0.1, 0.15) is 76.0 Å². The number of hydrogen-bond donors (Lipinski definition) is 2. The summed E-state index contributed by atoms with van der Waals surface area (Å²) in [5.41, 5.74) is 4.91. The van der Waals surface area contributed by atoms with Crippen LogP contribution in [0.15, 0.2) is 54.7 Å². The summed E-state index contributed by atoms with van der Waals surface area (Å²) < 4.78 is 0. The van der Waals surface area contributed by atoms with Gasteiger partial charge in [0.05, 0.1) is 0 Å². The molecule has 1 unspecified atom stereocenters. The predicted octanol–water partition coefficient (Wildman–Crippen LogP) is 6.29. The maximum absolute atomic E-state index is 12.7. The standard InChI is InChI=1S/C26H34N2O/c1-5-6-9-16-27-25(29)17-22(19-12-14-20(15-13-19)26(2,3)4)23-18-28-24-11-8-7-10-21(23)24/h7-8,10-15,18,22,28H,5-6,9,16-17H2,1-4H3,(H,27,29). The van der Waals surface area contributed by atoms with Crippen molar-refractivity contribution in [2.45, 2.75) is 64.7 Å². The Labute approximate surface area is 174 Å². The molecule has 3 heteroatoms. The largest absolute Gasteiger partial charge is 0.361 e. The number of aromatic amines is 1. The third-order valence-electron chi connectivity index (χ3n) is 5.67. The molecular formula is C26H34N2O. The number of amides is 1. The van der Waals surface area contributed by atoms with Crippen LogP contribution < -0.4 is 5.32 Å². The van der Waals surface area contributed by atoms with Crippen LogP contribution in [0.5, 0.6) is 0 Å². The number of carbonyl (C=O) groups is 1. The summed E-state index contributed by atoms with van der Waals surface area (Å²) in [6.45, 7) is 9.61. The van der Waals surface area contributed by atoms with E-state index in [1.54, 1.807) is 0 Å². The van der Waals surface area contributed by atoms with Crippen molar-refractivity contribution in [2.24, 2.45) is 0 Å². The van der Waals surface area contributed by atoms with Crippen LogP contribution in [0.4, 0.5) is 0 Å². The number of hydrogen-bond acceptors (Lipinski definition) is 1. The van der Waals surface area contributed by atoms with E-state index in [1.807, 2.05) is 6.07 Å². The monoisotopic (exact) mass is 390 g/mol. The molecule has 0 bridgehead atoms. The zero-order chi connectivity index (χ0) is 20.9. The fourth-order valence-corrected chi connectivity index (χ4v) is 3.87. The van der Waals surface area contributed by atoms with E-state index in [-0.39, 0.29) is 17.2 Å². The van der Waals surface area contributed by atoms with Gasteiger partial charge in [0.2, 0.25) is 5.91 Å². The summed E-state index contributed by atoms with van der Waals surface area (Å²) in [6.07, 6.45) is 5.88. The lowest BCUT2D eigenvalue weighted by Gasteiger charge is -2.22. The van der Waals surface area contributed by atoms with Gasteiger partial charge in [-0.2, -0.15) is 0 Å².